The Kier molecular flexibility index (Phi) is 7.61. The molecule has 3 rings (SSSR count). The molecule has 2 aromatic carbocycles. The molecule has 1 aromatic heterocycles. The molecule has 0 aliphatic rings. The van der Waals surface area contributed by atoms with Gasteiger partial charge in [-0.3, -0.25) is 4.79 Å². The highest BCUT2D eigenvalue weighted by Gasteiger charge is 2.19. The summed E-state index contributed by atoms with van der Waals surface area (Å²) >= 11 is 12.1. The summed E-state index contributed by atoms with van der Waals surface area (Å²) in [4.78, 5) is 28.9. The number of nitrogens with one attached hydrogen (secondary N) is 1. The molecule has 1 amide bonds. The predicted octanol–water partition coefficient (Wildman–Crippen LogP) is 5.02. The van der Waals surface area contributed by atoms with E-state index >= 15 is 0 Å². The van der Waals surface area contributed by atoms with Crippen LogP contribution in [0.4, 0.5) is 5.69 Å². The normalized spacial score (nSPS) is 10.5. The van der Waals surface area contributed by atoms with Crippen LogP contribution in [0.25, 0.3) is 11.3 Å². The van der Waals surface area contributed by atoms with Crippen LogP contribution < -0.4 is 14.8 Å². The molecule has 1 heterocycles. The molecule has 0 bridgehead atoms. The molecule has 0 unspecified atom stereocenters. The Morgan fingerprint density at radius 1 is 1.06 bits per heavy atom. The lowest BCUT2D eigenvalue weighted by Gasteiger charge is -2.14. The first-order valence-corrected chi connectivity index (χ1v) is 10.2. The number of rotatable bonds is 8. The number of carbonyl (C=O) groups excluding carboxylic acids is 2. The van der Waals surface area contributed by atoms with E-state index in [0.717, 1.165) is 0 Å². The van der Waals surface area contributed by atoms with Gasteiger partial charge in [0.15, 0.2) is 23.1 Å². The first kappa shape index (κ1) is 23.4. The number of oxazole rings is 1. The van der Waals surface area contributed by atoms with Gasteiger partial charge in [0, 0.05) is 35.6 Å². The lowest BCUT2D eigenvalue weighted by molar-refractivity contribution is -0.116. The van der Waals surface area contributed by atoms with E-state index in [2.05, 4.69) is 10.3 Å². The average Bonchev–Trinajstić information content (AvgIpc) is 3.25. The number of carbonyl (C=O) groups is 2. The van der Waals surface area contributed by atoms with E-state index in [1.54, 1.807) is 18.2 Å². The second kappa shape index (κ2) is 10.4. The number of aryl methyl sites for hydroxylation is 1. The Bertz CT molecular complexity index is 1150. The molecule has 8 nitrogen and oxygen atoms in total. The zero-order chi connectivity index (χ0) is 23.3. The minimum atomic E-state index is -0.626. The predicted molar refractivity (Wildman–Crippen MR) is 120 cm³/mol. The van der Waals surface area contributed by atoms with E-state index in [9.17, 15) is 9.59 Å². The van der Waals surface area contributed by atoms with E-state index in [1.165, 1.54) is 39.7 Å². The molecule has 0 aliphatic heterocycles. The smallest absolute Gasteiger partial charge is 0.340 e. The number of benzene rings is 2. The number of ether oxygens (including phenoxy) is 3. The first-order valence-electron chi connectivity index (χ1n) is 9.40. The van der Waals surface area contributed by atoms with Crippen LogP contribution in [0.1, 0.15) is 22.7 Å². The monoisotopic (exact) mass is 478 g/mol. The Morgan fingerprint density at radius 3 is 2.44 bits per heavy atom. The van der Waals surface area contributed by atoms with Gasteiger partial charge in [-0.2, -0.15) is 0 Å². The van der Waals surface area contributed by atoms with Gasteiger partial charge in [-0.25, -0.2) is 9.78 Å². The lowest BCUT2D eigenvalue weighted by atomic mass is 10.1. The molecule has 168 valence electrons. The van der Waals surface area contributed by atoms with E-state index < -0.39 is 5.97 Å². The van der Waals surface area contributed by atoms with Crippen molar-refractivity contribution in [2.24, 2.45) is 0 Å². The lowest BCUT2D eigenvalue weighted by Crippen LogP contribution is -2.16. The third-order valence-electron chi connectivity index (χ3n) is 4.52. The number of esters is 1. The van der Waals surface area contributed by atoms with Gasteiger partial charge in [-0.05, 0) is 18.2 Å². The van der Waals surface area contributed by atoms with Crippen molar-refractivity contribution in [2.75, 3.05) is 26.6 Å². The summed E-state index contributed by atoms with van der Waals surface area (Å²) in [6.07, 6.45) is 1.83. The average molecular weight is 479 g/mol. The molecule has 10 heteroatoms. The molecule has 0 saturated heterocycles. The number of aromatic nitrogens is 1. The molecule has 0 saturated carbocycles. The van der Waals surface area contributed by atoms with Crippen LogP contribution in [0.2, 0.25) is 10.0 Å². The zero-order valence-corrected chi connectivity index (χ0v) is 19.0. The van der Waals surface area contributed by atoms with Crippen LogP contribution in [0.15, 0.2) is 40.9 Å². The number of anilines is 1. The van der Waals surface area contributed by atoms with Gasteiger partial charge in [-0.1, -0.05) is 23.2 Å². The highest BCUT2D eigenvalue weighted by molar-refractivity contribution is 6.36. The van der Waals surface area contributed by atoms with Crippen LogP contribution in [0.5, 0.6) is 11.5 Å². The molecule has 0 spiro atoms. The number of halogens is 2. The van der Waals surface area contributed by atoms with Crippen molar-refractivity contribution in [3.8, 4) is 22.8 Å². The molecule has 0 aliphatic carbocycles. The van der Waals surface area contributed by atoms with Crippen molar-refractivity contribution in [1.82, 2.24) is 4.98 Å². The summed E-state index contributed by atoms with van der Waals surface area (Å²) in [5.41, 5.74) is 1.02. The molecule has 0 atom stereocenters. The van der Waals surface area contributed by atoms with Crippen LogP contribution in [-0.4, -0.2) is 38.2 Å². The number of nitrogens with zero attached hydrogens (tertiary/aromatic N) is 1. The summed E-state index contributed by atoms with van der Waals surface area (Å²) in [6, 6.07) is 7.97. The standard InChI is InChI=1S/C22H20Cl2N2O6/c1-29-17-9-14(22(28)31-3)16(10-18(17)30-2)26-20(27)6-7-21-25-11-19(32-21)13-5-4-12(23)8-15(13)24/h4-5,8-11H,6-7H2,1-3H3,(H,26,27). The fraction of sp³-hybridized carbons (Fsp3) is 0.227. The Morgan fingerprint density at radius 2 is 1.78 bits per heavy atom. The van der Waals surface area contributed by atoms with Crippen molar-refractivity contribution < 1.29 is 28.2 Å². The molecule has 3 aromatic rings. The van der Waals surface area contributed by atoms with E-state index in [1.807, 2.05) is 0 Å². The first-order chi connectivity index (χ1) is 15.4. The Hall–Kier alpha value is -3.23. The molecular weight excluding hydrogens is 459 g/mol. The Balaban J connectivity index is 1.71. The van der Waals surface area contributed by atoms with Gasteiger partial charge >= 0.3 is 5.97 Å². The number of hydrogen-bond acceptors (Lipinski definition) is 7. The zero-order valence-electron chi connectivity index (χ0n) is 17.5. The summed E-state index contributed by atoms with van der Waals surface area (Å²) in [5.74, 6) is 0.536. The van der Waals surface area contributed by atoms with Gasteiger partial charge in [0.2, 0.25) is 5.91 Å². The van der Waals surface area contributed by atoms with Crippen LogP contribution in [0, 0.1) is 0 Å². The van der Waals surface area contributed by atoms with Gasteiger partial charge in [0.25, 0.3) is 0 Å². The van der Waals surface area contributed by atoms with Gasteiger partial charge < -0.3 is 23.9 Å². The van der Waals surface area contributed by atoms with Gasteiger partial charge in [-0.15, -0.1) is 0 Å². The van der Waals surface area contributed by atoms with Crippen molar-refractivity contribution in [1.29, 1.82) is 0 Å². The maximum absolute atomic E-state index is 12.5. The van der Waals surface area contributed by atoms with E-state index in [-0.39, 0.29) is 30.0 Å². The van der Waals surface area contributed by atoms with Crippen molar-refractivity contribution in [3.63, 3.8) is 0 Å². The molecule has 32 heavy (non-hydrogen) atoms. The maximum atomic E-state index is 12.5. The highest BCUT2D eigenvalue weighted by atomic mass is 35.5. The largest absolute Gasteiger partial charge is 0.493 e. The van der Waals surface area contributed by atoms with Crippen molar-refractivity contribution >= 4 is 40.8 Å². The van der Waals surface area contributed by atoms with Crippen LogP contribution >= 0.6 is 23.2 Å². The number of amides is 1. The topological polar surface area (TPSA) is 99.9 Å². The summed E-state index contributed by atoms with van der Waals surface area (Å²) in [6.45, 7) is 0. The second-order valence-corrected chi connectivity index (χ2v) is 7.38. The molecule has 1 N–H and O–H groups in total. The SMILES string of the molecule is COC(=O)c1cc(OC)c(OC)cc1NC(=O)CCc1ncc(-c2ccc(Cl)cc2Cl)o1. The summed E-state index contributed by atoms with van der Waals surface area (Å²) in [5, 5.41) is 3.64. The molecular formula is C22H20Cl2N2O6. The number of methoxy groups -OCH3 is 3. The highest BCUT2D eigenvalue weighted by Crippen LogP contribution is 2.34. The molecule has 0 fully saturated rings. The van der Waals surface area contributed by atoms with Crippen LogP contribution in [0.3, 0.4) is 0 Å². The fourth-order valence-electron chi connectivity index (χ4n) is 2.93. The minimum Gasteiger partial charge on any atom is -0.493 e. The van der Waals surface area contributed by atoms with E-state index in [4.69, 9.17) is 41.8 Å². The van der Waals surface area contributed by atoms with Crippen LogP contribution in [-0.2, 0) is 16.0 Å². The maximum Gasteiger partial charge on any atom is 0.340 e. The van der Waals surface area contributed by atoms with Gasteiger partial charge in [0.1, 0.15) is 0 Å². The van der Waals surface area contributed by atoms with E-state index in [0.29, 0.717) is 38.8 Å². The van der Waals surface area contributed by atoms with Crippen molar-refractivity contribution in [3.05, 3.63) is 58.0 Å². The third kappa shape index (κ3) is 5.33. The van der Waals surface area contributed by atoms with Gasteiger partial charge in [0.05, 0.1) is 43.8 Å². The minimum absolute atomic E-state index is 0.0588. The fourth-order valence-corrected chi connectivity index (χ4v) is 3.44. The van der Waals surface area contributed by atoms with Crippen molar-refractivity contribution in [2.45, 2.75) is 12.8 Å². The summed E-state index contributed by atoms with van der Waals surface area (Å²) < 4.78 is 21.0. The Labute approximate surface area is 194 Å². The number of hydrogen-bond donors (Lipinski definition) is 1. The summed E-state index contributed by atoms with van der Waals surface area (Å²) in [7, 11) is 4.14. The molecule has 0 radical (unpaired) electrons. The third-order valence-corrected chi connectivity index (χ3v) is 5.07. The second-order valence-electron chi connectivity index (χ2n) is 6.53. The quantitative estimate of drug-likeness (QED) is 0.453.